The largest absolute Gasteiger partial charge is 0.381 e. The van der Waals surface area contributed by atoms with E-state index in [-0.39, 0.29) is 29.7 Å². The van der Waals surface area contributed by atoms with E-state index < -0.39 is 5.82 Å². The maximum Gasteiger partial charge on any atom is 0.225 e. The Labute approximate surface area is 195 Å². The van der Waals surface area contributed by atoms with Crippen LogP contribution in [0.4, 0.5) is 10.2 Å². The molecule has 10 heteroatoms. The summed E-state index contributed by atoms with van der Waals surface area (Å²) in [6.45, 7) is 1.22. The summed E-state index contributed by atoms with van der Waals surface area (Å²) in [5, 5.41) is 7.68. The topological polar surface area (TPSA) is 105 Å². The van der Waals surface area contributed by atoms with E-state index in [4.69, 9.17) is 16.3 Å². The minimum Gasteiger partial charge on any atom is -0.381 e. The number of ether oxygens (including phenoxy) is 1. The second-order valence-electron chi connectivity index (χ2n) is 8.77. The molecule has 1 saturated carbocycles. The van der Waals surface area contributed by atoms with Gasteiger partial charge in [-0.3, -0.25) is 4.79 Å². The van der Waals surface area contributed by atoms with Gasteiger partial charge in [-0.25, -0.2) is 19.3 Å². The second kappa shape index (κ2) is 9.61. The molecule has 3 atom stereocenters. The van der Waals surface area contributed by atoms with Crippen LogP contribution in [-0.4, -0.2) is 51.1 Å². The Morgan fingerprint density at radius 2 is 2.06 bits per heavy atom. The molecule has 1 unspecified atom stereocenters. The third-order valence-corrected chi connectivity index (χ3v) is 6.58. The fourth-order valence-electron chi connectivity index (χ4n) is 4.67. The first-order valence-electron chi connectivity index (χ1n) is 11.4. The minimum atomic E-state index is -0.514. The molecule has 2 fully saturated rings. The number of carbonyl (C=O) groups is 1. The van der Waals surface area contributed by atoms with Crippen molar-refractivity contribution < 1.29 is 13.9 Å². The van der Waals surface area contributed by atoms with Gasteiger partial charge in [-0.1, -0.05) is 11.6 Å². The highest BCUT2D eigenvalue weighted by Gasteiger charge is 2.28. The number of carbonyl (C=O) groups excluding carboxylic acids is 1. The summed E-state index contributed by atoms with van der Waals surface area (Å²) >= 11 is 6.09. The Kier molecular flexibility index (Phi) is 6.41. The lowest BCUT2D eigenvalue weighted by molar-refractivity contribution is -0.129. The maximum absolute atomic E-state index is 14.6. The number of halogens is 2. The number of hydrogen-bond acceptors (Lipinski definition) is 6. The van der Waals surface area contributed by atoms with Gasteiger partial charge in [0.2, 0.25) is 5.91 Å². The van der Waals surface area contributed by atoms with Gasteiger partial charge in [-0.15, -0.1) is 0 Å². The van der Waals surface area contributed by atoms with E-state index in [1.165, 1.54) is 6.20 Å². The first-order valence-corrected chi connectivity index (χ1v) is 11.7. The Morgan fingerprint density at radius 1 is 1.18 bits per heavy atom. The number of nitrogens with zero attached hydrogens (tertiary/aromatic N) is 3. The number of anilines is 1. The predicted octanol–water partition coefficient (Wildman–Crippen LogP) is 4.08. The van der Waals surface area contributed by atoms with Crippen molar-refractivity contribution in [3.05, 3.63) is 35.5 Å². The van der Waals surface area contributed by atoms with Gasteiger partial charge < -0.3 is 20.4 Å². The van der Waals surface area contributed by atoms with Crippen LogP contribution in [0, 0.1) is 11.7 Å². The SMILES string of the molecule is O=C(N[C@H]1CCC[C@@H](Nc2nc(-c3c[nH]c4ncc(Cl)cc34)ncc2F)C1)C1CCCOC1. The Hall–Kier alpha value is -2.78. The molecule has 8 nitrogen and oxygen atoms in total. The van der Waals surface area contributed by atoms with Crippen molar-refractivity contribution in [1.82, 2.24) is 25.3 Å². The van der Waals surface area contributed by atoms with Crippen molar-refractivity contribution in [1.29, 1.82) is 0 Å². The summed E-state index contributed by atoms with van der Waals surface area (Å²) in [6.07, 6.45) is 9.70. The van der Waals surface area contributed by atoms with E-state index >= 15 is 0 Å². The van der Waals surface area contributed by atoms with E-state index in [1.54, 1.807) is 18.5 Å². The summed E-state index contributed by atoms with van der Waals surface area (Å²) in [5.41, 5.74) is 1.36. The Bertz CT molecular complexity index is 1150. The zero-order chi connectivity index (χ0) is 22.8. The molecule has 3 aromatic rings. The quantitative estimate of drug-likeness (QED) is 0.517. The van der Waals surface area contributed by atoms with Crippen LogP contribution in [0.5, 0.6) is 0 Å². The zero-order valence-corrected chi connectivity index (χ0v) is 18.9. The predicted molar refractivity (Wildman–Crippen MR) is 123 cm³/mol. The fourth-order valence-corrected chi connectivity index (χ4v) is 4.83. The molecule has 1 saturated heterocycles. The van der Waals surface area contributed by atoms with E-state index in [0.29, 0.717) is 35.1 Å². The molecular weight excluding hydrogens is 447 g/mol. The molecule has 174 valence electrons. The summed E-state index contributed by atoms with van der Waals surface area (Å²) < 4.78 is 20.0. The molecule has 0 bridgehead atoms. The fraction of sp³-hybridized carbons (Fsp3) is 0.478. The van der Waals surface area contributed by atoms with Crippen LogP contribution in [0.1, 0.15) is 38.5 Å². The molecule has 1 aliphatic heterocycles. The lowest BCUT2D eigenvalue weighted by atomic mass is 9.90. The van der Waals surface area contributed by atoms with Gasteiger partial charge >= 0.3 is 0 Å². The number of fused-ring (bicyclic) bond motifs is 1. The molecular formula is C23H26ClFN6O2. The summed E-state index contributed by atoms with van der Waals surface area (Å²) in [7, 11) is 0. The van der Waals surface area contributed by atoms with Crippen LogP contribution in [0.15, 0.2) is 24.7 Å². The number of aromatic amines is 1. The average Bonchev–Trinajstić information content (AvgIpc) is 3.24. The average molecular weight is 473 g/mol. The number of pyridine rings is 1. The third kappa shape index (κ3) is 4.94. The molecule has 0 radical (unpaired) electrons. The summed E-state index contributed by atoms with van der Waals surface area (Å²) in [4.78, 5) is 28.5. The van der Waals surface area contributed by atoms with Gasteiger partial charge in [0, 0.05) is 42.0 Å². The number of hydrogen-bond donors (Lipinski definition) is 3. The van der Waals surface area contributed by atoms with Crippen molar-refractivity contribution in [3.63, 3.8) is 0 Å². The number of amides is 1. The minimum absolute atomic E-state index is 0.00276. The standard InChI is InChI=1S/C23H26ClFN6O2/c24-14-7-17-18(10-27-20(17)26-9-14)21-28-11-19(25)22(31-21)29-15-4-1-5-16(8-15)30-23(32)13-3-2-6-33-12-13/h7,9-11,13,15-16H,1-6,8,12H2,(H,26,27)(H,30,32)(H,28,29,31)/t13?,15-,16+/m1/s1. The molecule has 0 spiro atoms. The highest BCUT2D eigenvalue weighted by Crippen LogP contribution is 2.29. The van der Waals surface area contributed by atoms with Crippen LogP contribution in [0.3, 0.4) is 0 Å². The lowest BCUT2D eigenvalue weighted by Crippen LogP contribution is -2.45. The molecule has 0 aromatic carbocycles. The van der Waals surface area contributed by atoms with E-state index in [2.05, 4.69) is 30.6 Å². The zero-order valence-electron chi connectivity index (χ0n) is 18.1. The van der Waals surface area contributed by atoms with Crippen molar-refractivity contribution >= 4 is 34.4 Å². The van der Waals surface area contributed by atoms with Gasteiger partial charge in [-0.2, -0.15) is 0 Å². The van der Waals surface area contributed by atoms with Gasteiger partial charge in [0.05, 0.1) is 23.7 Å². The van der Waals surface area contributed by atoms with Crippen LogP contribution in [0.25, 0.3) is 22.4 Å². The molecule has 33 heavy (non-hydrogen) atoms. The molecule has 3 aromatic heterocycles. The van der Waals surface area contributed by atoms with E-state index in [9.17, 15) is 9.18 Å². The van der Waals surface area contributed by atoms with Crippen molar-refractivity contribution in [2.45, 2.75) is 50.6 Å². The van der Waals surface area contributed by atoms with E-state index in [1.807, 2.05) is 0 Å². The first-order chi connectivity index (χ1) is 16.1. The number of H-pyrrole nitrogens is 1. The summed E-state index contributed by atoms with van der Waals surface area (Å²) in [5.74, 6) is 0.00464. The highest BCUT2D eigenvalue weighted by atomic mass is 35.5. The number of rotatable bonds is 5. The third-order valence-electron chi connectivity index (χ3n) is 6.38. The molecule has 3 N–H and O–H groups in total. The maximum atomic E-state index is 14.6. The molecule has 4 heterocycles. The smallest absolute Gasteiger partial charge is 0.225 e. The van der Waals surface area contributed by atoms with Crippen molar-refractivity contribution in [2.75, 3.05) is 18.5 Å². The van der Waals surface area contributed by atoms with Crippen LogP contribution in [-0.2, 0) is 9.53 Å². The Morgan fingerprint density at radius 3 is 2.91 bits per heavy atom. The molecule has 2 aliphatic rings. The van der Waals surface area contributed by atoms with Crippen molar-refractivity contribution in [3.8, 4) is 11.4 Å². The molecule has 1 amide bonds. The first kappa shape index (κ1) is 22.0. The van der Waals surface area contributed by atoms with Gasteiger partial charge in [0.25, 0.3) is 0 Å². The Balaban J connectivity index is 1.28. The van der Waals surface area contributed by atoms with Crippen molar-refractivity contribution in [2.24, 2.45) is 5.92 Å². The van der Waals surface area contributed by atoms with Gasteiger partial charge in [0.15, 0.2) is 17.5 Å². The van der Waals surface area contributed by atoms with Gasteiger partial charge in [0.1, 0.15) is 5.65 Å². The lowest BCUT2D eigenvalue weighted by Gasteiger charge is -2.32. The normalized spacial score (nSPS) is 23.4. The van der Waals surface area contributed by atoms with Crippen LogP contribution < -0.4 is 10.6 Å². The van der Waals surface area contributed by atoms with Gasteiger partial charge in [-0.05, 0) is 44.6 Å². The number of aromatic nitrogens is 4. The monoisotopic (exact) mass is 472 g/mol. The van der Waals surface area contributed by atoms with Crippen LogP contribution >= 0.6 is 11.6 Å². The summed E-state index contributed by atoms with van der Waals surface area (Å²) in [6, 6.07) is 1.83. The second-order valence-corrected chi connectivity index (χ2v) is 9.21. The van der Waals surface area contributed by atoms with E-state index in [0.717, 1.165) is 44.1 Å². The van der Waals surface area contributed by atoms with Crippen LogP contribution in [0.2, 0.25) is 5.02 Å². The number of nitrogens with one attached hydrogen (secondary N) is 3. The molecule has 5 rings (SSSR count). The highest BCUT2D eigenvalue weighted by molar-refractivity contribution is 6.31. The molecule has 1 aliphatic carbocycles.